The van der Waals surface area contributed by atoms with Crippen LogP contribution in [0.4, 0.5) is 26.3 Å². The van der Waals surface area contributed by atoms with Crippen molar-refractivity contribution in [3.63, 3.8) is 0 Å². The number of carbonyl (C=O) groups is 1. The number of carbonyl (C=O) groups excluding carboxylic acids is 1. The summed E-state index contributed by atoms with van der Waals surface area (Å²) in [4.78, 5) is 9.24. The molecule has 0 spiro atoms. The average molecular weight is 308 g/mol. The molecule has 0 bridgehead atoms. The molecule has 0 aliphatic carbocycles. The molecule has 0 radical (unpaired) electrons. The van der Waals surface area contributed by atoms with Gasteiger partial charge in [-0.25, -0.2) is 0 Å². The van der Waals surface area contributed by atoms with Crippen molar-refractivity contribution >= 4 is 5.78 Å². The number of unbranched alkanes of at least 4 members (excludes halogenated alkanes) is 7. The zero-order valence-corrected chi connectivity index (χ0v) is 11.8. The molecule has 0 saturated heterocycles. The van der Waals surface area contributed by atoms with E-state index in [2.05, 4.69) is 13.8 Å². The average Bonchev–Trinajstić information content (AvgIpc) is 2.31. The van der Waals surface area contributed by atoms with Crippen molar-refractivity contribution in [1.29, 1.82) is 0 Å². The summed E-state index contributed by atoms with van der Waals surface area (Å²) in [5.74, 6) is -3.68. The van der Waals surface area contributed by atoms with E-state index in [1.165, 1.54) is 51.4 Å². The first-order valence-electron chi connectivity index (χ1n) is 6.75. The van der Waals surface area contributed by atoms with E-state index in [1.807, 2.05) is 0 Å². The summed E-state index contributed by atoms with van der Waals surface area (Å²) in [6.07, 6.45) is -0.182. The molecule has 20 heavy (non-hydrogen) atoms. The smallest absolute Gasteiger partial charge is 0.279 e. The van der Waals surface area contributed by atoms with Crippen molar-refractivity contribution in [2.45, 2.75) is 77.6 Å². The molecule has 1 nitrogen and oxygen atoms in total. The predicted octanol–water partition coefficient (Wildman–Crippen LogP) is 5.83. The molecule has 0 unspecified atom stereocenters. The van der Waals surface area contributed by atoms with Crippen LogP contribution in [0.1, 0.15) is 65.2 Å². The lowest BCUT2D eigenvalue weighted by Gasteiger charge is -2.06. The Kier molecular flexibility index (Phi) is 11.8. The van der Waals surface area contributed by atoms with Crippen LogP contribution in [-0.2, 0) is 4.79 Å². The van der Waals surface area contributed by atoms with Crippen molar-refractivity contribution in [2.75, 3.05) is 0 Å². The summed E-state index contributed by atoms with van der Waals surface area (Å²) < 4.78 is 65.3. The lowest BCUT2D eigenvalue weighted by atomic mass is 10.1. The van der Waals surface area contributed by atoms with Crippen LogP contribution in [0.5, 0.6) is 0 Å². The maximum absolute atomic E-state index is 10.9. The second-order valence-corrected chi connectivity index (χ2v) is 4.45. The quantitative estimate of drug-likeness (QED) is 0.427. The highest BCUT2D eigenvalue weighted by molar-refractivity contribution is 5.89. The highest BCUT2D eigenvalue weighted by Gasteiger charge is 2.55. The summed E-state index contributed by atoms with van der Waals surface area (Å²) in [5.41, 5.74) is 0. The third kappa shape index (κ3) is 13.7. The Balaban J connectivity index is 0. The summed E-state index contributed by atoms with van der Waals surface area (Å²) in [6.45, 7) is 4.54. The normalized spacial score (nSPS) is 11.8. The Bertz CT molecular complexity index is 220. The number of rotatable bonds is 7. The number of hydrogen-bond donors (Lipinski definition) is 0. The zero-order valence-electron chi connectivity index (χ0n) is 11.8. The Labute approximate surface area is 115 Å². The van der Waals surface area contributed by atoms with Crippen LogP contribution in [-0.4, -0.2) is 18.1 Å². The van der Waals surface area contributed by atoms with Crippen LogP contribution in [0.2, 0.25) is 0 Å². The highest BCUT2D eigenvalue weighted by Crippen LogP contribution is 2.28. The third-order valence-electron chi connectivity index (χ3n) is 2.47. The van der Waals surface area contributed by atoms with E-state index in [0.29, 0.717) is 0 Å². The largest absolute Gasteiger partial charge is 0.459 e. The standard InChI is InChI=1S/C10H22.C3F6O/c1-3-5-7-9-10-8-6-4-2;4-2(5,6)1(10)3(7,8)9/h3-10H2,1-2H3;. The SMILES string of the molecule is CCCCCCCCCC.O=C(C(F)(F)F)C(F)(F)F. The van der Waals surface area contributed by atoms with E-state index in [1.54, 1.807) is 0 Å². The van der Waals surface area contributed by atoms with Gasteiger partial charge in [-0.1, -0.05) is 65.2 Å². The topological polar surface area (TPSA) is 17.1 Å². The van der Waals surface area contributed by atoms with E-state index in [0.717, 1.165) is 0 Å². The van der Waals surface area contributed by atoms with E-state index in [4.69, 9.17) is 0 Å². The van der Waals surface area contributed by atoms with Crippen LogP contribution in [0.25, 0.3) is 0 Å². The molecule has 0 heterocycles. The first kappa shape index (κ1) is 21.5. The van der Waals surface area contributed by atoms with E-state index >= 15 is 0 Å². The molecule has 0 saturated carbocycles. The molecular weight excluding hydrogens is 286 g/mol. The van der Waals surface area contributed by atoms with Crippen LogP contribution in [0, 0.1) is 0 Å². The van der Waals surface area contributed by atoms with Gasteiger partial charge in [0.05, 0.1) is 0 Å². The monoisotopic (exact) mass is 308 g/mol. The van der Waals surface area contributed by atoms with Gasteiger partial charge in [0, 0.05) is 0 Å². The van der Waals surface area contributed by atoms with Crippen molar-refractivity contribution in [1.82, 2.24) is 0 Å². The first-order valence-corrected chi connectivity index (χ1v) is 6.75. The van der Waals surface area contributed by atoms with Gasteiger partial charge in [0.2, 0.25) is 0 Å². The third-order valence-corrected chi connectivity index (χ3v) is 2.47. The predicted molar refractivity (Wildman–Crippen MR) is 65.4 cm³/mol. The summed E-state index contributed by atoms with van der Waals surface area (Å²) in [7, 11) is 0. The second kappa shape index (κ2) is 11.0. The minimum atomic E-state index is -5.82. The molecule has 7 heteroatoms. The minimum Gasteiger partial charge on any atom is -0.279 e. The van der Waals surface area contributed by atoms with Gasteiger partial charge in [-0.3, -0.25) is 4.79 Å². The molecule has 0 rings (SSSR count). The second-order valence-electron chi connectivity index (χ2n) is 4.45. The molecule has 0 aromatic rings. The fraction of sp³-hybridized carbons (Fsp3) is 0.923. The molecule has 122 valence electrons. The maximum Gasteiger partial charge on any atom is 0.459 e. The van der Waals surface area contributed by atoms with E-state index in [9.17, 15) is 31.1 Å². The maximum atomic E-state index is 10.9. The molecule has 0 aliphatic rings. The summed E-state index contributed by atoms with van der Waals surface area (Å²) in [6, 6.07) is 0. The zero-order chi connectivity index (χ0) is 16.2. The minimum absolute atomic E-state index is 1.37. The van der Waals surface area contributed by atoms with Crippen LogP contribution in [0.15, 0.2) is 0 Å². The summed E-state index contributed by atoms with van der Waals surface area (Å²) in [5, 5.41) is 0. The van der Waals surface area contributed by atoms with Crippen molar-refractivity contribution in [3.05, 3.63) is 0 Å². The van der Waals surface area contributed by atoms with Crippen molar-refractivity contribution in [3.8, 4) is 0 Å². The van der Waals surface area contributed by atoms with Gasteiger partial charge in [0.15, 0.2) is 0 Å². The van der Waals surface area contributed by atoms with E-state index in [-0.39, 0.29) is 0 Å². The van der Waals surface area contributed by atoms with Gasteiger partial charge < -0.3 is 0 Å². The molecule has 0 aromatic heterocycles. The number of hydrogen-bond acceptors (Lipinski definition) is 1. The molecule has 0 amide bonds. The molecule has 0 atom stereocenters. The van der Waals surface area contributed by atoms with E-state index < -0.39 is 18.1 Å². The first-order chi connectivity index (χ1) is 9.07. The molecular formula is C13H22F6O. The number of alkyl halides is 6. The lowest BCUT2D eigenvalue weighted by Crippen LogP contribution is -2.36. The highest BCUT2D eigenvalue weighted by atomic mass is 19.4. The Hall–Kier alpha value is -0.750. The van der Waals surface area contributed by atoms with Crippen LogP contribution >= 0.6 is 0 Å². The van der Waals surface area contributed by atoms with Gasteiger partial charge in [-0.05, 0) is 0 Å². The number of halogens is 6. The van der Waals surface area contributed by atoms with Gasteiger partial charge in [-0.15, -0.1) is 0 Å². The van der Waals surface area contributed by atoms with Crippen molar-refractivity contribution in [2.24, 2.45) is 0 Å². The number of Topliss-reactive ketones (excluding diaryl/α,β-unsaturated/α-hetero) is 1. The van der Waals surface area contributed by atoms with Gasteiger partial charge in [-0.2, -0.15) is 26.3 Å². The Morgan fingerprint density at radius 2 is 0.900 bits per heavy atom. The van der Waals surface area contributed by atoms with Gasteiger partial charge in [0.25, 0.3) is 0 Å². The fourth-order valence-corrected chi connectivity index (χ4v) is 1.37. The van der Waals surface area contributed by atoms with Crippen LogP contribution < -0.4 is 0 Å². The van der Waals surface area contributed by atoms with Gasteiger partial charge in [0.1, 0.15) is 0 Å². The molecule has 0 aromatic carbocycles. The Morgan fingerprint density at radius 1 is 0.650 bits per heavy atom. The summed E-state index contributed by atoms with van der Waals surface area (Å²) >= 11 is 0. The fourth-order valence-electron chi connectivity index (χ4n) is 1.37. The van der Waals surface area contributed by atoms with Gasteiger partial charge >= 0.3 is 18.1 Å². The lowest BCUT2D eigenvalue weighted by molar-refractivity contribution is -0.217. The molecule has 0 N–H and O–H groups in total. The number of ketones is 1. The molecule has 0 aliphatic heterocycles. The molecule has 0 fully saturated rings. The Morgan fingerprint density at radius 3 is 1.05 bits per heavy atom. The van der Waals surface area contributed by atoms with Crippen molar-refractivity contribution < 1.29 is 31.1 Å². The van der Waals surface area contributed by atoms with Crippen LogP contribution in [0.3, 0.4) is 0 Å².